The molecule has 452 valence electrons. The Morgan fingerprint density at radius 1 is 0.330 bits per heavy atom. The molecular formula is C62H62Br2N16O8. The van der Waals surface area contributed by atoms with E-state index in [1.807, 2.05) is 97.1 Å². The lowest BCUT2D eigenvalue weighted by atomic mass is 10.1. The van der Waals surface area contributed by atoms with Gasteiger partial charge in [0.05, 0.1) is 56.9 Å². The molecule has 8 amide bonds. The highest BCUT2D eigenvalue weighted by Gasteiger charge is 2.24. The molecule has 4 heterocycles. The predicted octanol–water partition coefficient (Wildman–Crippen LogP) is 11.3. The van der Waals surface area contributed by atoms with Gasteiger partial charge in [0.2, 0.25) is 0 Å². The molecule has 0 bridgehead atoms. The van der Waals surface area contributed by atoms with Crippen molar-refractivity contribution in [2.45, 2.75) is 41.5 Å². The van der Waals surface area contributed by atoms with E-state index in [1.165, 1.54) is 18.7 Å². The lowest BCUT2D eigenvalue weighted by molar-refractivity contribution is 0.261. The molecule has 0 saturated carbocycles. The van der Waals surface area contributed by atoms with Crippen molar-refractivity contribution in [2.75, 3.05) is 42.5 Å². The summed E-state index contributed by atoms with van der Waals surface area (Å²) in [7, 11) is 6.96. The Hall–Kier alpha value is -10.6. The Morgan fingerprint density at radius 3 is 0.932 bits per heavy atom. The summed E-state index contributed by atoms with van der Waals surface area (Å²) in [4.78, 5) is 105. The van der Waals surface area contributed by atoms with Gasteiger partial charge in [-0.25, -0.2) is 37.9 Å². The van der Waals surface area contributed by atoms with Crippen molar-refractivity contribution >= 4 is 101 Å². The predicted molar refractivity (Wildman–Crippen MR) is 351 cm³/mol. The number of anilines is 8. The summed E-state index contributed by atoms with van der Waals surface area (Å²) in [5, 5.41) is 21.8. The number of benzene rings is 6. The Kier molecular flexibility index (Phi) is 18.3. The van der Waals surface area contributed by atoms with E-state index in [0.29, 0.717) is 88.3 Å². The van der Waals surface area contributed by atoms with Crippen molar-refractivity contribution in [3.63, 3.8) is 0 Å². The Labute approximate surface area is 520 Å². The summed E-state index contributed by atoms with van der Waals surface area (Å²) in [6, 6.07) is 40.7. The highest BCUT2D eigenvalue weighted by atomic mass is 79.9. The summed E-state index contributed by atoms with van der Waals surface area (Å²) < 4.78 is 13.6. The number of carbonyl (C=O) groups is 4. The van der Waals surface area contributed by atoms with Gasteiger partial charge < -0.3 is 42.5 Å². The normalized spacial score (nSPS) is 10.9. The molecule has 0 fully saturated rings. The highest BCUT2D eigenvalue weighted by molar-refractivity contribution is 9.11. The SMILES string of the molecule is Cc1c(NC(=O)Nc2c(C)n(C)n(-c3ccccc3)c2=O)ccc(Br)c1NC(=O)Nc1c(C)n(C)n(-c2ccccc2)c1=O.Cc1cc(NC(=O)Nc2c(C)n(C)n(-c3ccccc3)c2=O)cc(Br)c1NC(=O)Nc1c(C)n(C)n(-c2ccccc2)c1=O. The average molecular weight is 1320 g/mol. The summed E-state index contributed by atoms with van der Waals surface area (Å²) in [5.74, 6) is 0. The molecule has 88 heavy (non-hydrogen) atoms. The van der Waals surface area contributed by atoms with E-state index in [4.69, 9.17) is 0 Å². The zero-order valence-corrected chi connectivity index (χ0v) is 52.6. The van der Waals surface area contributed by atoms with Gasteiger partial charge in [0, 0.05) is 48.5 Å². The van der Waals surface area contributed by atoms with Gasteiger partial charge in [0.1, 0.15) is 22.7 Å². The molecule has 6 aromatic carbocycles. The van der Waals surface area contributed by atoms with Crippen LogP contribution in [0.3, 0.4) is 0 Å². The molecule has 0 atom stereocenters. The molecule has 26 heteroatoms. The number of nitrogens with one attached hydrogen (secondary N) is 8. The first-order valence-corrected chi connectivity index (χ1v) is 28.8. The molecule has 10 aromatic rings. The second-order valence-corrected chi connectivity index (χ2v) is 22.0. The summed E-state index contributed by atoms with van der Waals surface area (Å²) in [6.45, 7) is 10.5. The minimum atomic E-state index is -0.636. The minimum Gasteiger partial charge on any atom is -0.308 e. The van der Waals surface area contributed by atoms with E-state index in [2.05, 4.69) is 74.4 Å². The van der Waals surface area contributed by atoms with Crippen molar-refractivity contribution in [3.8, 4) is 22.7 Å². The van der Waals surface area contributed by atoms with Crippen LogP contribution in [0.1, 0.15) is 33.9 Å². The number of amides is 8. The van der Waals surface area contributed by atoms with Crippen LogP contribution in [0.15, 0.2) is 174 Å². The molecule has 8 N–H and O–H groups in total. The van der Waals surface area contributed by atoms with Crippen LogP contribution in [-0.4, -0.2) is 61.6 Å². The van der Waals surface area contributed by atoms with Crippen LogP contribution in [0, 0.1) is 41.5 Å². The van der Waals surface area contributed by atoms with Gasteiger partial charge in [-0.15, -0.1) is 0 Å². The number of aryl methyl sites for hydroxylation is 1. The molecule has 10 rings (SSSR count). The fraction of sp³-hybridized carbons (Fsp3) is 0.161. The van der Waals surface area contributed by atoms with Gasteiger partial charge in [0.15, 0.2) is 0 Å². The number of hydrogen-bond donors (Lipinski definition) is 8. The van der Waals surface area contributed by atoms with Crippen molar-refractivity contribution in [1.82, 2.24) is 37.5 Å². The van der Waals surface area contributed by atoms with Gasteiger partial charge in [-0.1, -0.05) is 72.8 Å². The van der Waals surface area contributed by atoms with Gasteiger partial charge in [-0.3, -0.25) is 37.9 Å². The zero-order valence-electron chi connectivity index (χ0n) is 49.5. The highest BCUT2D eigenvalue weighted by Crippen LogP contribution is 2.33. The van der Waals surface area contributed by atoms with E-state index in [-0.39, 0.29) is 45.0 Å². The number of urea groups is 4. The van der Waals surface area contributed by atoms with Crippen molar-refractivity contribution in [1.29, 1.82) is 0 Å². The van der Waals surface area contributed by atoms with Gasteiger partial charge in [0.25, 0.3) is 22.2 Å². The van der Waals surface area contributed by atoms with Crippen molar-refractivity contribution in [2.24, 2.45) is 28.2 Å². The first-order chi connectivity index (χ1) is 42.0. The van der Waals surface area contributed by atoms with Crippen LogP contribution < -0.4 is 64.8 Å². The first kappa shape index (κ1) is 61.9. The Balaban J connectivity index is 0.000000209. The third kappa shape index (κ3) is 12.5. The summed E-state index contributed by atoms with van der Waals surface area (Å²) >= 11 is 6.92. The molecule has 24 nitrogen and oxygen atoms in total. The number of nitrogens with zero attached hydrogens (tertiary/aromatic N) is 8. The number of hydrogen-bond acceptors (Lipinski definition) is 8. The second kappa shape index (κ2) is 25.9. The topological polar surface area (TPSA) is 272 Å². The molecule has 0 spiro atoms. The Morgan fingerprint density at radius 2 is 0.614 bits per heavy atom. The minimum absolute atomic E-state index is 0.135. The monoisotopic (exact) mass is 1320 g/mol. The first-order valence-electron chi connectivity index (χ1n) is 27.2. The fourth-order valence-electron chi connectivity index (χ4n) is 9.85. The van der Waals surface area contributed by atoms with Gasteiger partial charge in [-0.05, 0) is 157 Å². The molecule has 0 aliphatic rings. The van der Waals surface area contributed by atoms with E-state index in [0.717, 1.165) is 0 Å². The van der Waals surface area contributed by atoms with E-state index >= 15 is 0 Å². The van der Waals surface area contributed by atoms with E-state index in [1.54, 1.807) is 137 Å². The van der Waals surface area contributed by atoms with Crippen LogP contribution in [0.5, 0.6) is 0 Å². The molecule has 0 unspecified atom stereocenters. The molecule has 0 aliphatic carbocycles. The largest absolute Gasteiger partial charge is 0.323 e. The number of carbonyl (C=O) groups excluding carboxylic acids is 4. The lowest BCUT2D eigenvalue weighted by Gasteiger charge is -2.16. The number of rotatable bonds is 12. The smallest absolute Gasteiger partial charge is 0.308 e. The quantitative estimate of drug-likeness (QED) is 0.0581. The molecule has 0 saturated heterocycles. The number of aromatic nitrogens is 8. The maximum Gasteiger partial charge on any atom is 0.323 e. The third-order valence-electron chi connectivity index (χ3n) is 14.9. The Bertz CT molecular complexity index is 4570. The van der Waals surface area contributed by atoms with Crippen LogP contribution in [-0.2, 0) is 28.2 Å². The average Bonchev–Trinajstić information content (AvgIpc) is 2.01. The lowest BCUT2D eigenvalue weighted by Crippen LogP contribution is -2.27. The fourth-order valence-corrected chi connectivity index (χ4v) is 11.0. The van der Waals surface area contributed by atoms with Crippen LogP contribution in [0.4, 0.5) is 64.7 Å². The number of halogens is 2. The van der Waals surface area contributed by atoms with Crippen LogP contribution >= 0.6 is 31.9 Å². The van der Waals surface area contributed by atoms with Crippen molar-refractivity contribution in [3.05, 3.63) is 230 Å². The molecular weight excluding hydrogens is 1260 g/mol. The second-order valence-electron chi connectivity index (χ2n) is 20.3. The molecule has 0 radical (unpaired) electrons. The summed E-state index contributed by atoms with van der Waals surface area (Å²) in [6.07, 6.45) is 0. The molecule has 0 aliphatic heterocycles. The molecule has 4 aromatic heterocycles. The van der Waals surface area contributed by atoms with Gasteiger partial charge in [-0.2, -0.15) is 0 Å². The summed E-state index contributed by atoms with van der Waals surface area (Å²) in [5.41, 5.74) is 6.94. The van der Waals surface area contributed by atoms with Crippen LogP contribution in [0.2, 0.25) is 0 Å². The maximum atomic E-state index is 13.2. The standard InChI is InChI=1S/2C31H31BrN8O4/c1-18-16-21(33-30(43)35-26-19(2)37(4)39(28(26)41)22-12-8-6-9-13-22)17-24(32)25(18)34-31(44)36-27-20(3)38(5)40(29(27)42)23-14-10-7-11-15-23;1-18-24(33-30(43)35-26-19(2)37(4)39(28(26)41)21-12-8-6-9-13-21)17-16-23(32)25(18)34-31(44)36-27-20(3)38(5)40(29(27)42)22-14-10-7-11-15-22/h2*6-17H,1-5H3,(H2,33,35,43)(H2,34,36,44). The maximum absolute atomic E-state index is 13.2. The van der Waals surface area contributed by atoms with E-state index < -0.39 is 24.1 Å². The van der Waals surface area contributed by atoms with Crippen LogP contribution in [0.25, 0.3) is 22.7 Å². The third-order valence-corrected chi connectivity index (χ3v) is 16.1. The number of para-hydroxylation sites is 4. The van der Waals surface area contributed by atoms with E-state index in [9.17, 15) is 38.4 Å². The van der Waals surface area contributed by atoms with Gasteiger partial charge >= 0.3 is 24.1 Å². The zero-order chi connectivity index (χ0) is 63.4. The van der Waals surface area contributed by atoms with Crippen molar-refractivity contribution < 1.29 is 19.2 Å².